The van der Waals surface area contributed by atoms with Gasteiger partial charge in [-0.05, 0) is 82.2 Å². The number of benzene rings is 2. The Morgan fingerprint density at radius 3 is 2.53 bits per heavy atom. The number of piperidine rings is 1. The molecule has 1 fully saturated rings. The first-order chi connectivity index (χ1) is 15.6. The highest BCUT2D eigenvalue weighted by Crippen LogP contribution is 2.29. The highest BCUT2D eigenvalue weighted by atomic mass is 16.5. The lowest BCUT2D eigenvalue weighted by Crippen LogP contribution is -2.36. The third-order valence-corrected chi connectivity index (χ3v) is 5.42. The molecule has 3 rings (SSSR count). The molecule has 1 heterocycles. The van der Waals surface area contributed by atoms with Crippen LogP contribution in [0.2, 0.25) is 0 Å². The van der Waals surface area contributed by atoms with Crippen LogP contribution in [0.1, 0.15) is 38.7 Å². The summed E-state index contributed by atoms with van der Waals surface area (Å²) in [4.78, 5) is 14.9. The predicted octanol–water partition coefficient (Wildman–Crippen LogP) is 5.03. The maximum Gasteiger partial charge on any atom is 0.248 e. The normalized spacial score (nSPS) is 15.0. The lowest BCUT2D eigenvalue weighted by molar-refractivity contribution is -0.111. The molecular weight excluding hydrogens is 402 g/mol. The van der Waals surface area contributed by atoms with Crippen molar-refractivity contribution in [3.05, 3.63) is 54.1 Å². The van der Waals surface area contributed by atoms with Crippen molar-refractivity contribution in [1.29, 1.82) is 0 Å². The van der Waals surface area contributed by atoms with Crippen LogP contribution in [-0.2, 0) is 4.79 Å². The zero-order chi connectivity index (χ0) is 22.8. The van der Waals surface area contributed by atoms with Gasteiger partial charge < -0.3 is 25.0 Å². The molecule has 2 aromatic rings. The number of rotatable bonds is 10. The maximum atomic E-state index is 12.6. The second kappa shape index (κ2) is 12.2. The van der Waals surface area contributed by atoms with E-state index in [0.29, 0.717) is 25.0 Å². The van der Waals surface area contributed by atoms with Gasteiger partial charge in [0.25, 0.3) is 0 Å². The second-order valence-electron chi connectivity index (χ2n) is 8.08. The first-order valence-corrected chi connectivity index (χ1v) is 11.5. The van der Waals surface area contributed by atoms with Crippen molar-refractivity contribution >= 4 is 23.4 Å². The molecule has 0 unspecified atom stereocenters. The minimum atomic E-state index is -0.174. The number of hydrogen-bond acceptors (Lipinski definition) is 5. The van der Waals surface area contributed by atoms with Crippen molar-refractivity contribution in [3.63, 3.8) is 0 Å². The molecule has 6 nitrogen and oxygen atoms in total. The van der Waals surface area contributed by atoms with E-state index in [9.17, 15) is 4.79 Å². The molecule has 1 amide bonds. The fourth-order valence-corrected chi connectivity index (χ4v) is 3.67. The van der Waals surface area contributed by atoms with Crippen LogP contribution in [0.5, 0.6) is 11.5 Å². The number of hydrogen-bond donors (Lipinski definition) is 2. The minimum Gasteiger partial charge on any atom is -0.490 e. The number of para-hydroxylation sites is 2. The lowest BCUT2D eigenvalue weighted by atomic mass is 10.0. The molecule has 0 radical (unpaired) electrons. The van der Waals surface area contributed by atoms with Gasteiger partial charge >= 0.3 is 0 Å². The molecule has 1 aliphatic rings. The molecule has 32 heavy (non-hydrogen) atoms. The number of likely N-dealkylation sites (tertiary alicyclic amines) is 1. The van der Waals surface area contributed by atoms with E-state index in [1.54, 1.807) is 12.2 Å². The highest BCUT2D eigenvalue weighted by Gasteiger charge is 2.17. The van der Waals surface area contributed by atoms with E-state index in [4.69, 9.17) is 9.47 Å². The smallest absolute Gasteiger partial charge is 0.248 e. The second-order valence-corrected chi connectivity index (χ2v) is 8.08. The van der Waals surface area contributed by atoms with Crippen LogP contribution >= 0.6 is 0 Å². The standard InChI is InChI=1S/C26H35N3O3/c1-4-18-32-24-12-10-20(19-25(24)31-5-2)11-13-26(30)28-23-9-7-6-8-22(23)27-21-14-16-29(3)17-15-21/h6-13,19,21,27H,4-5,14-18H2,1-3H3,(H,28,30). The van der Waals surface area contributed by atoms with E-state index in [1.165, 1.54) is 0 Å². The molecule has 0 bridgehead atoms. The first-order valence-electron chi connectivity index (χ1n) is 11.5. The summed E-state index contributed by atoms with van der Waals surface area (Å²) >= 11 is 0. The van der Waals surface area contributed by atoms with Crippen molar-refractivity contribution < 1.29 is 14.3 Å². The van der Waals surface area contributed by atoms with Crippen LogP contribution in [0.25, 0.3) is 6.08 Å². The van der Waals surface area contributed by atoms with Gasteiger partial charge in [-0.25, -0.2) is 0 Å². The number of ether oxygens (including phenoxy) is 2. The first kappa shape index (κ1) is 23.7. The number of nitrogens with one attached hydrogen (secondary N) is 2. The Morgan fingerprint density at radius 1 is 1.06 bits per heavy atom. The summed E-state index contributed by atoms with van der Waals surface area (Å²) in [7, 11) is 2.15. The Bertz CT molecular complexity index is 905. The fourth-order valence-electron chi connectivity index (χ4n) is 3.67. The van der Waals surface area contributed by atoms with Crippen molar-refractivity contribution in [2.24, 2.45) is 0 Å². The number of anilines is 2. The average Bonchev–Trinajstić information content (AvgIpc) is 2.80. The zero-order valence-electron chi connectivity index (χ0n) is 19.4. The van der Waals surface area contributed by atoms with E-state index >= 15 is 0 Å². The topological polar surface area (TPSA) is 62.8 Å². The Kier molecular flexibility index (Phi) is 8.99. The highest BCUT2D eigenvalue weighted by molar-refractivity contribution is 6.03. The Morgan fingerprint density at radius 2 is 1.81 bits per heavy atom. The number of amides is 1. The largest absolute Gasteiger partial charge is 0.490 e. The predicted molar refractivity (Wildman–Crippen MR) is 132 cm³/mol. The van der Waals surface area contributed by atoms with Gasteiger partial charge in [-0.1, -0.05) is 25.1 Å². The summed E-state index contributed by atoms with van der Waals surface area (Å²) in [6.07, 6.45) is 6.46. The van der Waals surface area contributed by atoms with E-state index < -0.39 is 0 Å². The average molecular weight is 438 g/mol. The SMILES string of the molecule is CCCOc1ccc(C=CC(=O)Nc2ccccc2NC2CCN(C)CC2)cc1OCC. The number of nitrogens with zero attached hydrogens (tertiary/aromatic N) is 1. The molecular formula is C26H35N3O3. The Hall–Kier alpha value is -2.99. The Balaban J connectivity index is 1.63. The van der Waals surface area contributed by atoms with Crippen LogP contribution in [0, 0.1) is 0 Å². The monoisotopic (exact) mass is 437 g/mol. The van der Waals surface area contributed by atoms with Crippen LogP contribution in [0.15, 0.2) is 48.5 Å². The molecule has 2 aromatic carbocycles. The van der Waals surface area contributed by atoms with Crippen molar-refractivity contribution in [1.82, 2.24) is 4.90 Å². The van der Waals surface area contributed by atoms with Gasteiger partial charge in [-0.2, -0.15) is 0 Å². The van der Waals surface area contributed by atoms with Crippen molar-refractivity contribution in [3.8, 4) is 11.5 Å². The quantitative estimate of drug-likeness (QED) is 0.510. The van der Waals surface area contributed by atoms with E-state index in [2.05, 4.69) is 29.5 Å². The third kappa shape index (κ3) is 7.02. The maximum absolute atomic E-state index is 12.6. The van der Waals surface area contributed by atoms with E-state index in [-0.39, 0.29) is 5.91 Å². The Labute approximate surface area is 191 Å². The van der Waals surface area contributed by atoms with Gasteiger partial charge in [0.2, 0.25) is 5.91 Å². The third-order valence-electron chi connectivity index (χ3n) is 5.42. The van der Waals surface area contributed by atoms with Crippen LogP contribution in [0.3, 0.4) is 0 Å². The van der Waals surface area contributed by atoms with Gasteiger partial charge in [0.1, 0.15) is 0 Å². The zero-order valence-corrected chi connectivity index (χ0v) is 19.4. The molecule has 2 N–H and O–H groups in total. The summed E-state index contributed by atoms with van der Waals surface area (Å²) in [5, 5.41) is 6.60. The summed E-state index contributed by atoms with van der Waals surface area (Å²) < 4.78 is 11.4. The summed E-state index contributed by atoms with van der Waals surface area (Å²) in [5.41, 5.74) is 2.63. The molecule has 6 heteroatoms. The lowest BCUT2D eigenvalue weighted by Gasteiger charge is -2.30. The van der Waals surface area contributed by atoms with Crippen LogP contribution in [-0.4, -0.2) is 50.2 Å². The van der Waals surface area contributed by atoms with E-state index in [0.717, 1.165) is 55.0 Å². The molecule has 0 spiro atoms. The molecule has 1 saturated heterocycles. The molecule has 0 aliphatic carbocycles. The molecule has 172 valence electrons. The van der Waals surface area contributed by atoms with Gasteiger partial charge in [0.15, 0.2) is 11.5 Å². The molecule has 0 saturated carbocycles. The minimum absolute atomic E-state index is 0.174. The summed E-state index contributed by atoms with van der Waals surface area (Å²) in [5.74, 6) is 1.24. The molecule has 0 aromatic heterocycles. The van der Waals surface area contributed by atoms with Crippen LogP contribution < -0.4 is 20.1 Å². The fraction of sp³-hybridized carbons (Fsp3) is 0.423. The van der Waals surface area contributed by atoms with Gasteiger partial charge in [0, 0.05) is 12.1 Å². The van der Waals surface area contributed by atoms with E-state index in [1.807, 2.05) is 49.4 Å². The summed E-state index contributed by atoms with van der Waals surface area (Å²) in [6, 6.07) is 14.0. The van der Waals surface area contributed by atoms with Gasteiger partial charge in [0.05, 0.1) is 24.6 Å². The van der Waals surface area contributed by atoms with Gasteiger partial charge in [-0.3, -0.25) is 4.79 Å². The summed E-state index contributed by atoms with van der Waals surface area (Å²) in [6.45, 7) is 7.37. The molecule has 0 atom stereocenters. The van der Waals surface area contributed by atoms with Crippen LogP contribution in [0.4, 0.5) is 11.4 Å². The van der Waals surface area contributed by atoms with Crippen molar-refractivity contribution in [2.45, 2.75) is 39.2 Å². The number of carbonyl (C=O) groups excluding carboxylic acids is 1. The van der Waals surface area contributed by atoms with Gasteiger partial charge in [-0.15, -0.1) is 0 Å². The number of carbonyl (C=O) groups is 1. The van der Waals surface area contributed by atoms with Crippen molar-refractivity contribution in [2.75, 3.05) is 44.0 Å². The molecule has 1 aliphatic heterocycles.